The van der Waals surface area contributed by atoms with Gasteiger partial charge in [0.1, 0.15) is 0 Å². The Morgan fingerprint density at radius 3 is 2.48 bits per heavy atom. The molecule has 1 rings (SSSR count). The summed E-state index contributed by atoms with van der Waals surface area (Å²) in [7, 11) is 0. The van der Waals surface area contributed by atoms with Crippen LogP contribution < -0.4 is 10.6 Å². The van der Waals surface area contributed by atoms with Crippen LogP contribution in [0.25, 0.3) is 0 Å². The van der Waals surface area contributed by atoms with Crippen LogP contribution in [0, 0.1) is 0 Å². The number of hydrogen-bond acceptors (Lipinski definition) is 2. The maximum Gasteiger partial charge on any atom is 0.255 e. The Morgan fingerprint density at radius 2 is 1.95 bits per heavy atom. The van der Waals surface area contributed by atoms with Crippen molar-refractivity contribution in [2.24, 2.45) is 0 Å². The monoisotopic (exact) mass is 328 g/mol. The second-order valence-corrected chi connectivity index (χ2v) is 5.96. The maximum atomic E-state index is 12.3. The van der Waals surface area contributed by atoms with Gasteiger partial charge in [-0.05, 0) is 31.9 Å². The molecule has 0 saturated carbocycles. The average Bonchev–Trinajstić information content (AvgIpc) is 2.48. The fourth-order valence-electron chi connectivity index (χ4n) is 1.88. The van der Waals surface area contributed by atoms with Crippen LogP contribution in [-0.4, -0.2) is 18.0 Å². The predicted molar refractivity (Wildman–Crippen MR) is 91.6 cm³/mol. The quantitative estimate of drug-likeness (QED) is 0.699. The molecule has 5 heteroatoms. The fraction of sp³-hybridized carbons (Fsp3) is 0.438. The van der Waals surface area contributed by atoms with Gasteiger partial charge in [-0.2, -0.15) is 0 Å². The van der Waals surface area contributed by atoms with E-state index >= 15 is 0 Å². The van der Waals surface area contributed by atoms with Crippen molar-refractivity contribution in [1.29, 1.82) is 0 Å². The van der Waals surface area contributed by atoms with Gasteiger partial charge in [-0.15, -0.1) is 6.58 Å². The number of hydrogen-bond donors (Lipinski definition) is 2. The molecule has 0 aliphatic rings. The Bertz CT molecular complexity index is 525. The van der Waals surface area contributed by atoms with Crippen LogP contribution in [0.2, 0.25) is 10.0 Å². The zero-order chi connectivity index (χ0) is 16.0. The van der Waals surface area contributed by atoms with E-state index in [0.29, 0.717) is 22.8 Å². The van der Waals surface area contributed by atoms with Gasteiger partial charge in [0.25, 0.3) is 5.91 Å². The normalized spacial score (nSPS) is 11.1. The van der Waals surface area contributed by atoms with Crippen LogP contribution in [0.15, 0.2) is 24.8 Å². The molecule has 0 radical (unpaired) electrons. The third kappa shape index (κ3) is 4.39. The largest absolute Gasteiger partial charge is 0.379 e. The number of nitrogens with one attached hydrogen (secondary N) is 2. The molecule has 0 saturated heterocycles. The van der Waals surface area contributed by atoms with Crippen molar-refractivity contribution in [3.05, 3.63) is 40.4 Å². The molecule has 21 heavy (non-hydrogen) atoms. The minimum Gasteiger partial charge on any atom is -0.379 e. The van der Waals surface area contributed by atoms with E-state index in [4.69, 9.17) is 23.2 Å². The van der Waals surface area contributed by atoms with Crippen LogP contribution in [0.1, 0.15) is 44.0 Å². The van der Waals surface area contributed by atoms with Crippen molar-refractivity contribution >= 4 is 34.8 Å². The van der Waals surface area contributed by atoms with Gasteiger partial charge in [0.15, 0.2) is 0 Å². The molecule has 1 aromatic rings. The summed E-state index contributed by atoms with van der Waals surface area (Å²) >= 11 is 12.3. The summed E-state index contributed by atoms with van der Waals surface area (Å²) < 4.78 is 0. The number of halogens is 2. The SMILES string of the molecule is C=CCNC(=O)c1c(NC(C)(CC)CC)ccc(Cl)c1Cl. The molecular formula is C16H22Cl2N2O. The van der Waals surface area contributed by atoms with Crippen LogP contribution in [-0.2, 0) is 0 Å². The number of anilines is 1. The average molecular weight is 329 g/mol. The minimum atomic E-state index is -0.264. The molecule has 0 fully saturated rings. The Hall–Kier alpha value is -1.19. The molecule has 0 aliphatic heterocycles. The summed E-state index contributed by atoms with van der Waals surface area (Å²) in [5.41, 5.74) is 0.959. The highest BCUT2D eigenvalue weighted by atomic mass is 35.5. The van der Waals surface area contributed by atoms with Crippen molar-refractivity contribution in [2.45, 2.75) is 39.2 Å². The summed E-state index contributed by atoms with van der Waals surface area (Å²) in [5.74, 6) is -0.264. The van der Waals surface area contributed by atoms with Gasteiger partial charge in [0.2, 0.25) is 0 Å². The molecule has 116 valence electrons. The topological polar surface area (TPSA) is 41.1 Å². The number of rotatable bonds is 7. The predicted octanol–water partition coefficient (Wildman–Crippen LogP) is 4.90. The van der Waals surface area contributed by atoms with Crippen LogP contribution in [0.3, 0.4) is 0 Å². The summed E-state index contributed by atoms with van der Waals surface area (Å²) in [6.45, 7) is 10.3. The molecular weight excluding hydrogens is 307 g/mol. The number of amides is 1. The Balaban J connectivity index is 3.23. The van der Waals surface area contributed by atoms with Gasteiger partial charge in [-0.25, -0.2) is 0 Å². The highest BCUT2D eigenvalue weighted by molar-refractivity contribution is 6.44. The van der Waals surface area contributed by atoms with Crippen LogP contribution in [0.4, 0.5) is 5.69 Å². The van der Waals surface area contributed by atoms with Gasteiger partial charge < -0.3 is 10.6 Å². The van der Waals surface area contributed by atoms with Crippen LogP contribution >= 0.6 is 23.2 Å². The third-order valence-corrected chi connectivity index (χ3v) is 4.53. The van der Waals surface area contributed by atoms with E-state index in [-0.39, 0.29) is 16.5 Å². The van der Waals surface area contributed by atoms with Crippen molar-refractivity contribution in [2.75, 3.05) is 11.9 Å². The van der Waals surface area contributed by atoms with Crippen LogP contribution in [0.5, 0.6) is 0 Å². The third-order valence-electron chi connectivity index (χ3n) is 3.73. The summed E-state index contributed by atoms with van der Waals surface area (Å²) in [6, 6.07) is 3.49. The van der Waals surface area contributed by atoms with Crippen molar-refractivity contribution in [3.63, 3.8) is 0 Å². The second-order valence-electron chi connectivity index (χ2n) is 5.18. The lowest BCUT2D eigenvalue weighted by atomic mass is 9.94. The minimum absolute atomic E-state index is 0.107. The van der Waals surface area contributed by atoms with Gasteiger partial charge in [-0.3, -0.25) is 4.79 Å². The lowest BCUT2D eigenvalue weighted by Gasteiger charge is -2.31. The highest BCUT2D eigenvalue weighted by Crippen LogP contribution is 2.34. The van der Waals surface area contributed by atoms with E-state index < -0.39 is 0 Å². The first-order chi connectivity index (χ1) is 9.88. The first-order valence-corrected chi connectivity index (χ1v) is 7.79. The highest BCUT2D eigenvalue weighted by Gasteiger charge is 2.24. The first kappa shape index (κ1) is 17.9. The second kappa shape index (κ2) is 7.71. The molecule has 0 aliphatic carbocycles. The van der Waals surface area contributed by atoms with Gasteiger partial charge in [0.05, 0.1) is 15.6 Å². The van der Waals surface area contributed by atoms with E-state index in [1.54, 1.807) is 18.2 Å². The summed E-state index contributed by atoms with van der Waals surface area (Å²) in [4.78, 5) is 12.3. The van der Waals surface area contributed by atoms with E-state index in [9.17, 15) is 4.79 Å². The van der Waals surface area contributed by atoms with Gasteiger partial charge in [-0.1, -0.05) is 43.1 Å². The molecule has 1 amide bonds. The zero-order valence-electron chi connectivity index (χ0n) is 12.7. The smallest absolute Gasteiger partial charge is 0.255 e. The molecule has 0 bridgehead atoms. The summed E-state index contributed by atoms with van der Waals surface area (Å²) in [5, 5.41) is 6.78. The molecule has 0 spiro atoms. The Labute approximate surface area is 136 Å². The van der Waals surface area contributed by atoms with E-state index in [0.717, 1.165) is 12.8 Å². The van der Waals surface area contributed by atoms with Crippen molar-refractivity contribution in [1.82, 2.24) is 5.32 Å². The molecule has 0 aromatic heterocycles. The maximum absolute atomic E-state index is 12.3. The lowest BCUT2D eigenvalue weighted by molar-refractivity contribution is 0.0959. The number of benzene rings is 1. The van der Waals surface area contributed by atoms with Gasteiger partial charge in [0, 0.05) is 17.8 Å². The summed E-state index contributed by atoms with van der Waals surface area (Å²) in [6.07, 6.45) is 3.47. The molecule has 0 heterocycles. The Morgan fingerprint density at radius 1 is 1.33 bits per heavy atom. The molecule has 2 N–H and O–H groups in total. The fourth-order valence-corrected chi connectivity index (χ4v) is 2.29. The van der Waals surface area contributed by atoms with Crippen molar-refractivity contribution in [3.8, 4) is 0 Å². The first-order valence-electron chi connectivity index (χ1n) is 7.03. The molecule has 3 nitrogen and oxygen atoms in total. The molecule has 1 aromatic carbocycles. The number of carbonyl (C=O) groups is 1. The molecule has 0 atom stereocenters. The van der Waals surface area contributed by atoms with E-state index in [1.165, 1.54) is 0 Å². The van der Waals surface area contributed by atoms with Gasteiger partial charge >= 0.3 is 0 Å². The van der Waals surface area contributed by atoms with Crippen molar-refractivity contribution < 1.29 is 4.79 Å². The number of carbonyl (C=O) groups excluding carboxylic acids is 1. The van der Waals surface area contributed by atoms with E-state index in [2.05, 4.69) is 38.0 Å². The van der Waals surface area contributed by atoms with E-state index in [1.807, 2.05) is 0 Å². The lowest BCUT2D eigenvalue weighted by Crippen LogP contribution is -2.34. The standard InChI is InChI=1S/C16H22Cl2N2O/c1-5-10-19-15(21)13-12(9-8-11(17)14(13)18)20-16(4,6-2)7-3/h5,8-9,20H,1,6-7,10H2,2-4H3,(H,19,21). The zero-order valence-corrected chi connectivity index (χ0v) is 14.2. The Kier molecular flexibility index (Phi) is 6.56. The molecule has 0 unspecified atom stereocenters.